The second-order valence-electron chi connectivity index (χ2n) is 7.11. The van der Waals surface area contributed by atoms with E-state index >= 15 is 0 Å². The number of aromatic nitrogens is 3. The van der Waals surface area contributed by atoms with Gasteiger partial charge in [0.2, 0.25) is 5.95 Å². The average molecular weight is 393 g/mol. The summed E-state index contributed by atoms with van der Waals surface area (Å²) < 4.78 is 13.0. The molecule has 1 aliphatic rings. The van der Waals surface area contributed by atoms with Crippen molar-refractivity contribution >= 4 is 23.1 Å². The number of nitrogens with zero attached hydrogens (tertiary/aromatic N) is 5. The molecule has 4 rings (SSSR count). The van der Waals surface area contributed by atoms with Crippen LogP contribution >= 0.6 is 0 Å². The molecule has 1 saturated heterocycles. The van der Waals surface area contributed by atoms with Gasteiger partial charge in [0, 0.05) is 44.1 Å². The molecule has 0 unspecified atom stereocenters. The Morgan fingerprint density at radius 3 is 2.41 bits per heavy atom. The summed E-state index contributed by atoms with van der Waals surface area (Å²) in [6.45, 7) is 4.75. The van der Waals surface area contributed by atoms with Crippen molar-refractivity contribution in [1.29, 1.82) is 0 Å². The predicted molar refractivity (Wildman–Crippen MR) is 113 cm³/mol. The molecule has 0 aliphatic carbocycles. The Balaban J connectivity index is 1.35. The predicted octanol–water partition coefficient (Wildman–Crippen LogP) is 3.12. The van der Waals surface area contributed by atoms with E-state index in [0.717, 1.165) is 37.4 Å². The molecule has 0 atom stereocenters. The Hall–Kier alpha value is -3.26. The second kappa shape index (κ2) is 8.83. The zero-order valence-corrected chi connectivity index (χ0v) is 16.3. The molecule has 1 fully saturated rings. The summed E-state index contributed by atoms with van der Waals surface area (Å²) in [6, 6.07) is 14.6. The maximum atomic E-state index is 13.0. The molecule has 29 heavy (non-hydrogen) atoms. The molecule has 8 heteroatoms. The van der Waals surface area contributed by atoms with E-state index in [9.17, 15) is 4.39 Å². The van der Waals surface area contributed by atoms with Crippen LogP contribution in [0.4, 0.5) is 27.5 Å². The molecule has 3 aromatic rings. The fourth-order valence-corrected chi connectivity index (χ4v) is 3.19. The third-order valence-corrected chi connectivity index (χ3v) is 4.93. The van der Waals surface area contributed by atoms with Gasteiger partial charge >= 0.3 is 0 Å². The van der Waals surface area contributed by atoms with Crippen LogP contribution in [0.3, 0.4) is 0 Å². The van der Waals surface area contributed by atoms with Gasteiger partial charge in [0.15, 0.2) is 5.82 Å². The molecule has 2 aromatic carbocycles. The van der Waals surface area contributed by atoms with Crippen molar-refractivity contribution in [3.63, 3.8) is 0 Å². The Bertz CT molecular complexity index is 923. The summed E-state index contributed by atoms with van der Waals surface area (Å²) in [7, 11) is 2.16. The van der Waals surface area contributed by atoms with Crippen molar-refractivity contribution in [2.75, 3.05) is 48.8 Å². The molecule has 150 valence electrons. The molecular formula is C21H24FN7. The molecule has 0 saturated carbocycles. The van der Waals surface area contributed by atoms with Crippen molar-refractivity contribution < 1.29 is 4.39 Å². The van der Waals surface area contributed by atoms with E-state index in [0.29, 0.717) is 18.3 Å². The summed E-state index contributed by atoms with van der Waals surface area (Å²) in [5.41, 5.74) is 3.10. The maximum Gasteiger partial charge on any atom is 0.244 e. The van der Waals surface area contributed by atoms with E-state index in [1.165, 1.54) is 17.8 Å². The highest BCUT2D eigenvalue weighted by Crippen LogP contribution is 2.21. The Labute approximate surface area is 169 Å². The van der Waals surface area contributed by atoms with Gasteiger partial charge in [0.05, 0.1) is 6.20 Å². The molecule has 1 aliphatic heterocycles. The first-order valence-corrected chi connectivity index (χ1v) is 9.64. The van der Waals surface area contributed by atoms with Gasteiger partial charge in [-0.3, -0.25) is 0 Å². The third-order valence-electron chi connectivity index (χ3n) is 4.93. The van der Waals surface area contributed by atoms with Crippen molar-refractivity contribution in [2.45, 2.75) is 6.54 Å². The Morgan fingerprint density at radius 1 is 0.966 bits per heavy atom. The van der Waals surface area contributed by atoms with Crippen LogP contribution in [0, 0.1) is 5.82 Å². The van der Waals surface area contributed by atoms with Crippen LogP contribution in [-0.2, 0) is 6.54 Å². The summed E-state index contributed by atoms with van der Waals surface area (Å²) in [6.07, 6.45) is 1.58. The van der Waals surface area contributed by atoms with Crippen molar-refractivity contribution in [3.8, 4) is 0 Å². The van der Waals surface area contributed by atoms with Crippen LogP contribution in [0.1, 0.15) is 5.56 Å². The summed E-state index contributed by atoms with van der Waals surface area (Å²) in [5, 5.41) is 14.4. The zero-order chi connectivity index (χ0) is 20.1. The van der Waals surface area contributed by atoms with Crippen LogP contribution in [0.2, 0.25) is 0 Å². The van der Waals surface area contributed by atoms with Crippen molar-refractivity contribution in [1.82, 2.24) is 20.1 Å². The lowest BCUT2D eigenvalue weighted by Gasteiger charge is -2.34. The van der Waals surface area contributed by atoms with Gasteiger partial charge in [-0.25, -0.2) is 4.39 Å². The highest BCUT2D eigenvalue weighted by atomic mass is 19.1. The van der Waals surface area contributed by atoms with Crippen molar-refractivity contribution in [3.05, 3.63) is 66.1 Å². The minimum atomic E-state index is -0.253. The quantitative estimate of drug-likeness (QED) is 0.667. The smallest absolute Gasteiger partial charge is 0.244 e. The van der Waals surface area contributed by atoms with E-state index < -0.39 is 0 Å². The minimum absolute atomic E-state index is 0.253. The number of hydrogen-bond acceptors (Lipinski definition) is 7. The number of nitrogens with one attached hydrogen (secondary N) is 2. The van der Waals surface area contributed by atoms with E-state index in [2.05, 4.69) is 54.8 Å². The van der Waals surface area contributed by atoms with Gasteiger partial charge in [-0.05, 0) is 49.0 Å². The van der Waals surface area contributed by atoms with E-state index in [-0.39, 0.29) is 5.82 Å². The Morgan fingerprint density at radius 2 is 1.69 bits per heavy atom. The van der Waals surface area contributed by atoms with Gasteiger partial charge in [-0.1, -0.05) is 12.1 Å². The lowest BCUT2D eigenvalue weighted by atomic mass is 10.2. The first kappa shape index (κ1) is 19.1. The second-order valence-corrected chi connectivity index (χ2v) is 7.11. The topological polar surface area (TPSA) is 69.2 Å². The fourth-order valence-electron chi connectivity index (χ4n) is 3.19. The van der Waals surface area contributed by atoms with Crippen LogP contribution in [-0.4, -0.2) is 53.3 Å². The molecular weight excluding hydrogens is 369 g/mol. The van der Waals surface area contributed by atoms with Crippen molar-refractivity contribution in [2.24, 2.45) is 0 Å². The monoisotopic (exact) mass is 393 g/mol. The van der Waals surface area contributed by atoms with Crippen LogP contribution in [0.15, 0.2) is 54.7 Å². The average Bonchev–Trinajstić information content (AvgIpc) is 2.75. The number of piperazine rings is 1. The zero-order valence-electron chi connectivity index (χ0n) is 16.3. The van der Waals surface area contributed by atoms with E-state index in [1.54, 1.807) is 18.3 Å². The van der Waals surface area contributed by atoms with Crippen LogP contribution < -0.4 is 15.5 Å². The summed E-state index contributed by atoms with van der Waals surface area (Å²) >= 11 is 0. The highest BCUT2D eigenvalue weighted by Gasteiger charge is 2.14. The third kappa shape index (κ3) is 5.17. The van der Waals surface area contributed by atoms with E-state index in [4.69, 9.17) is 0 Å². The first-order valence-electron chi connectivity index (χ1n) is 9.64. The normalized spacial score (nSPS) is 14.6. The lowest BCUT2D eigenvalue weighted by molar-refractivity contribution is 0.313. The number of anilines is 4. The molecule has 0 spiro atoms. The summed E-state index contributed by atoms with van der Waals surface area (Å²) in [4.78, 5) is 9.18. The Kier molecular flexibility index (Phi) is 5.81. The molecule has 2 heterocycles. The fraction of sp³-hybridized carbons (Fsp3) is 0.286. The molecule has 0 radical (unpaired) electrons. The lowest BCUT2D eigenvalue weighted by Crippen LogP contribution is -2.44. The van der Waals surface area contributed by atoms with Gasteiger partial charge < -0.3 is 20.4 Å². The number of likely N-dealkylation sites (N-methyl/N-ethyl adjacent to an activating group) is 1. The van der Waals surface area contributed by atoms with Gasteiger partial charge in [0.25, 0.3) is 0 Å². The van der Waals surface area contributed by atoms with Crippen LogP contribution in [0.25, 0.3) is 0 Å². The van der Waals surface area contributed by atoms with Gasteiger partial charge in [0.1, 0.15) is 5.82 Å². The standard InChI is InChI=1S/C21H24FN7/c1-28-10-12-29(13-11-28)19-8-6-18(7-9-19)25-20-15-24-27-21(26-20)23-14-16-2-4-17(22)5-3-16/h2-9,15H,10-14H2,1H3,(H2,23,25,26,27). The number of hydrogen-bond donors (Lipinski definition) is 2. The van der Waals surface area contributed by atoms with E-state index in [1.807, 2.05) is 12.1 Å². The molecule has 7 nitrogen and oxygen atoms in total. The highest BCUT2D eigenvalue weighted by molar-refractivity contribution is 5.61. The molecule has 1 aromatic heterocycles. The molecule has 2 N–H and O–H groups in total. The maximum absolute atomic E-state index is 13.0. The van der Waals surface area contributed by atoms with Gasteiger partial charge in [-0.2, -0.15) is 10.1 Å². The minimum Gasteiger partial charge on any atom is -0.369 e. The number of rotatable bonds is 6. The summed E-state index contributed by atoms with van der Waals surface area (Å²) in [5.74, 6) is 0.763. The van der Waals surface area contributed by atoms with Gasteiger partial charge in [-0.15, -0.1) is 5.10 Å². The number of halogens is 1. The largest absolute Gasteiger partial charge is 0.369 e. The molecule has 0 amide bonds. The number of benzene rings is 2. The van der Waals surface area contributed by atoms with Crippen LogP contribution in [0.5, 0.6) is 0 Å². The molecule has 0 bridgehead atoms. The SMILES string of the molecule is CN1CCN(c2ccc(Nc3cnnc(NCc4ccc(F)cc4)n3)cc2)CC1. The first-order chi connectivity index (χ1) is 14.2.